The number of carbonyl (C=O) groups is 6. The van der Waals surface area contributed by atoms with Crippen LogP contribution in [0.3, 0.4) is 0 Å². The number of carboxylic acids is 1. The Hall–Kier alpha value is -3.95. The lowest BCUT2D eigenvalue weighted by Gasteiger charge is -2.26. The van der Waals surface area contributed by atoms with E-state index in [1.165, 1.54) is 0 Å². The van der Waals surface area contributed by atoms with Crippen LogP contribution in [-0.4, -0.2) is 77.3 Å². The number of rotatable bonds is 17. The minimum atomic E-state index is -1.45. The predicted molar refractivity (Wildman–Crippen MR) is 128 cm³/mol. The van der Waals surface area contributed by atoms with Crippen molar-refractivity contribution in [2.75, 3.05) is 6.54 Å². The van der Waals surface area contributed by atoms with Gasteiger partial charge in [-0.05, 0) is 25.2 Å². The minimum absolute atomic E-state index is 0.113. The molecule has 0 bridgehead atoms. The van der Waals surface area contributed by atoms with Gasteiger partial charge < -0.3 is 49.7 Å². The molecule has 5 amide bonds. The van der Waals surface area contributed by atoms with Crippen molar-refractivity contribution in [1.29, 1.82) is 0 Å². The number of hydrogen-bond acceptors (Lipinski definition) is 8. The summed E-state index contributed by atoms with van der Waals surface area (Å²) in [6.45, 7) is 3.40. The number of nitrogens with one attached hydrogen (secondary N) is 3. The molecule has 0 saturated carbocycles. The fourth-order valence-corrected chi connectivity index (χ4v) is 2.93. The van der Waals surface area contributed by atoms with Crippen molar-refractivity contribution >= 4 is 41.5 Å². The van der Waals surface area contributed by atoms with Crippen LogP contribution in [0, 0.1) is 5.92 Å². The Morgan fingerprint density at radius 1 is 0.806 bits per heavy atom. The van der Waals surface area contributed by atoms with Crippen LogP contribution in [0.4, 0.5) is 0 Å². The number of amides is 5. The minimum Gasteiger partial charge on any atom is -0.480 e. The number of nitrogens with two attached hydrogens (primary N) is 5. The van der Waals surface area contributed by atoms with Crippen LogP contribution in [0.5, 0.6) is 0 Å². The zero-order valence-electron chi connectivity index (χ0n) is 20.4. The first-order valence-corrected chi connectivity index (χ1v) is 11.2. The zero-order valence-corrected chi connectivity index (χ0v) is 20.4. The average Bonchev–Trinajstić information content (AvgIpc) is 2.75. The second-order valence-electron chi connectivity index (χ2n) is 8.42. The average molecular weight is 516 g/mol. The molecule has 0 aromatic rings. The highest BCUT2D eigenvalue weighted by Crippen LogP contribution is 2.07. The van der Waals surface area contributed by atoms with Gasteiger partial charge in [-0.1, -0.05) is 13.8 Å². The molecule has 14 N–H and O–H groups in total. The second kappa shape index (κ2) is 15.9. The highest BCUT2D eigenvalue weighted by atomic mass is 16.4. The lowest BCUT2D eigenvalue weighted by molar-refractivity contribution is -0.143. The fourth-order valence-electron chi connectivity index (χ4n) is 2.93. The summed E-state index contributed by atoms with van der Waals surface area (Å²) in [4.78, 5) is 75.6. The Balaban J connectivity index is 5.35. The first-order valence-electron chi connectivity index (χ1n) is 11.2. The van der Waals surface area contributed by atoms with Crippen LogP contribution in [0.2, 0.25) is 0 Å². The molecule has 0 aliphatic carbocycles. The van der Waals surface area contributed by atoms with E-state index in [0.29, 0.717) is 6.42 Å². The Bertz CT molecular complexity index is 843. The molecule has 0 heterocycles. The molecule has 0 saturated heterocycles. The van der Waals surface area contributed by atoms with Crippen LogP contribution in [-0.2, 0) is 28.8 Å². The van der Waals surface area contributed by atoms with Crippen molar-refractivity contribution in [3.63, 3.8) is 0 Å². The molecule has 0 aliphatic heterocycles. The Morgan fingerprint density at radius 2 is 1.39 bits per heavy atom. The van der Waals surface area contributed by atoms with E-state index in [-0.39, 0.29) is 31.8 Å². The third kappa shape index (κ3) is 13.1. The van der Waals surface area contributed by atoms with Gasteiger partial charge in [-0.15, -0.1) is 0 Å². The van der Waals surface area contributed by atoms with Crippen molar-refractivity contribution < 1.29 is 33.9 Å². The number of hydrogen-bond donors (Lipinski definition) is 9. The molecule has 0 radical (unpaired) electrons. The molecule has 16 nitrogen and oxygen atoms in total. The third-order valence-electron chi connectivity index (χ3n) is 4.88. The van der Waals surface area contributed by atoms with Crippen molar-refractivity contribution in [2.24, 2.45) is 39.6 Å². The molecule has 204 valence electrons. The predicted octanol–water partition coefficient (Wildman–Crippen LogP) is -4.30. The smallest absolute Gasteiger partial charge is 0.326 e. The van der Waals surface area contributed by atoms with E-state index < -0.39 is 72.0 Å². The quantitative estimate of drug-likeness (QED) is 0.0509. The number of guanidine groups is 1. The van der Waals surface area contributed by atoms with Crippen LogP contribution in [0.1, 0.15) is 46.0 Å². The van der Waals surface area contributed by atoms with Crippen LogP contribution in [0.25, 0.3) is 0 Å². The highest BCUT2D eigenvalue weighted by Gasteiger charge is 2.32. The van der Waals surface area contributed by atoms with E-state index in [1.54, 1.807) is 13.8 Å². The number of primary amides is 2. The van der Waals surface area contributed by atoms with Gasteiger partial charge in [-0.3, -0.25) is 29.0 Å². The molecule has 36 heavy (non-hydrogen) atoms. The van der Waals surface area contributed by atoms with Gasteiger partial charge in [0.2, 0.25) is 29.5 Å². The van der Waals surface area contributed by atoms with Gasteiger partial charge in [0, 0.05) is 13.0 Å². The lowest BCUT2D eigenvalue weighted by atomic mass is 10.0. The maximum absolute atomic E-state index is 12.8. The monoisotopic (exact) mass is 515 g/mol. The number of aliphatic carboxylic acids is 1. The number of aliphatic imine (C=N–C) groups is 1. The van der Waals surface area contributed by atoms with Crippen LogP contribution in [0.15, 0.2) is 4.99 Å². The summed E-state index contributed by atoms with van der Waals surface area (Å²) in [5.41, 5.74) is 26.5. The van der Waals surface area contributed by atoms with Crippen molar-refractivity contribution in [3.05, 3.63) is 0 Å². The highest BCUT2D eigenvalue weighted by molar-refractivity contribution is 5.96. The van der Waals surface area contributed by atoms with E-state index in [2.05, 4.69) is 20.9 Å². The number of carbonyl (C=O) groups excluding carboxylic acids is 5. The van der Waals surface area contributed by atoms with Gasteiger partial charge in [0.05, 0.1) is 12.5 Å². The van der Waals surface area contributed by atoms with Gasteiger partial charge in [-0.2, -0.15) is 0 Å². The Labute approximate surface area is 208 Å². The van der Waals surface area contributed by atoms with Crippen molar-refractivity contribution in [1.82, 2.24) is 16.0 Å². The molecule has 0 aromatic heterocycles. The molecule has 0 aliphatic rings. The van der Waals surface area contributed by atoms with Gasteiger partial charge >= 0.3 is 5.97 Å². The maximum Gasteiger partial charge on any atom is 0.326 e. The molecule has 0 rings (SSSR count). The van der Waals surface area contributed by atoms with Gasteiger partial charge in [-0.25, -0.2) is 4.79 Å². The molecular weight excluding hydrogens is 478 g/mol. The summed E-state index contributed by atoms with van der Waals surface area (Å²) in [5, 5.41) is 16.3. The maximum atomic E-state index is 12.8. The second-order valence-corrected chi connectivity index (χ2v) is 8.42. The zero-order chi connectivity index (χ0) is 28.0. The normalized spacial score (nSPS) is 14.0. The molecule has 4 atom stereocenters. The molecule has 16 heteroatoms. The van der Waals surface area contributed by atoms with E-state index in [1.807, 2.05) is 0 Å². The standard InChI is InChI=1S/C20H37N9O7/c1-9(2)15(18(34)27-11(19(35)36)5-6-13(22)30)29-17(33)12(8-14(23)31)28-16(32)10(21)4-3-7-26-20(24)25/h9-12,15H,3-8,21H2,1-2H3,(H2,22,30)(H2,23,31)(H,27,34)(H,28,32)(H,29,33)(H,35,36)(H4,24,25,26). The first-order chi connectivity index (χ1) is 16.6. The third-order valence-corrected chi connectivity index (χ3v) is 4.88. The van der Waals surface area contributed by atoms with E-state index in [9.17, 15) is 33.9 Å². The lowest BCUT2D eigenvalue weighted by Crippen LogP contribution is -2.59. The van der Waals surface area contributed by atoms with Crippen molar-refractivity contribution in [2.45, 2.75) is 70.1 Å². The number of carboxylic acid groups (broad SMARTS) is 1. The van der Waals surface area contributed by atoms with E-state index in [0.717, 1.165) is 0 Å². The molecule has 4 unspecified atom stereocenters. The van der Waals surface area contributed by atoms with Gasteiger partial charge in [0.1, 0.15) is 18.1 Å². The summed E-state index contributed by atoms with van der Waals surface area (Å²) in [6, 6.07) is -5.17. The molecular formula is C20H37N9O7. The van der Waals surface area contributed by atoms with Gasteiger partial charge in [0.25, 0.3) is 0 Å². The van der Waals surface area contributed by atoms with Crippen LogP contribution >= 0.6 is 0 Å². The Morgan fingerprint density at radius 3 is 1.86 bits per heavy atom. The summed E-state index contributed by atoms with van der Waals surface area (Å²) in [5.74, 6) is -6.19. The largest absolute Gasteiger partial charge is 0.480 e. The molecule has 0 fully saturated rings. The first kappa shape index (κ1) is 32.0. The SMILES string of the molecule is CC(C)C(NC(=O)C(CC(N)=O)NC(=O)C(N)CCCN=C(N)N)C(=O)NC(CCC(N)=O)C(=O)O. The van der Waals surface area contributed by atoms with E-state index in [4.69, 9.17) is 28.7 Å². The van der Waals surface area contributed by atoms with Crippen LogP contribution < -0.4 is 44.6 Å². The van der Waals surface area contributed by atoms with E-state index >= 15 is 0 Å². The molecule has 0 aromatic carbocycles. The summed E-state index contributed by atoms with van der Waals surface area (Å²) < 4.78 is 0. The fraction of sp³-hybridized carbons (Fsp3) is 0.650. The number of nitrogens with zero attached hydrogens (tertiary/aromatic N) is 1. The van der Waals surface area contributed by atoms with Gasteiger partial charge in [0.15, 0.2) is 5.96 Å². The molecule has 0 spiro atoms. The topological polar surface area (TPSA) is 301 Å². The van der Waals surface area contributed by atoms with Crippen molar-refractivity contribution in [3.8, 4) is 0 Å². The Kier molecular flexibility index (Phi) is 14.1. The summed E-state index contributed by atoms with van der Waals surface area (Å²) in [6.07, 6.45) is -0.575. The summed E-state index contributed by atoms with van der Waals surface area (Å²) in [7, 11) is 0. The summed E-state index contributed by atoms with van der Waals surface area (Å²) >= 11 is 0.